The number of aliphatic hydroxyl groups excluding tert-OH is 1. The summed E-state index contributed by atoms with van der Waals surface area (Å²) in [5.41, 5.74) is 2.72. The van der Waals surface area contributed by atoms with Crippen LogP contribution in [0.1, 0.15) is 16.7 Å². The van der Waals surface area contributed by atoms with Crippen molar-refractivity contribution in [3.8, 4) is 5.75 Å². The van der Waals surface area contributed by atoms with Gasteiger partial charge in [0, 0.05) is 13.1 Å². The summed E-state index contributed by atoms with van der Waals surface area (Å²) in [6, 6.07) is 3.75. The zero-order valence-corrected chi connectivity index (χ0v) is 12.0. The van der Waals surface area contributed by atoms with E-state index in [0.29, 0.717) is 26.3 Å². The Morgan fingerprint density at radius 2 is 1.90 bits per heavy atom. The molecule has 0 aliphatic carbocycles. The van der Waals surface area contributed by atoms with E-state index < -0.39 is 0 Å². The third kappa shape index (κ3) is 3.49. The average molecular weight is 279 g/mol. The van der Waals surface area contributed by atoms with E-state index in [4.69, 9.17) is 14.6 Å². The zero-order valence-electron chi connectivity index (χ0n) is 12.0. The number of hydrogen-bond acceptors (Lipinski definition) is 4. The van der Waals surface area contributed by atoms with Crippen LogP contribution in [0.5, 0.6) is 5.75 Å². The zero-order chi connectivity index (χ0) is 14.5. The number of hydrogen-bond donors (Lipinski definition) is 1. The van der Waals surface area contributed by atoms with Gasteiger partial charge in [0.2, 0.25) is 0 Å². The summed E-state index contributed by atoms with van der Waals surface area (Å²) in [5, 5.41) is 9.15. The minimum Gasteiger partial charge on any atom is -0.483 e. The summed E-state index contributed by atoms with van der Waals surface area (Å²) < 4.78 is 10.9. The lowest BCUT2D eigenvalue weighted by molar-refractivity contribution is -0.137. The first-order valence-electron chi connectivity index (χ1n) is 6.81. The van der Waals surface area contributed by atoms with Crippen LogP contribution >= 0.6 is 0 Å². The van der Waals surface area contributed by atoms with Crippen molar-refractivity contribution < 1.29 is 19.4 Å². The topological polar surface area (TPSA) is 59.0 Å². The fraction of sp³-hybridized carbons (Fsp3) is 0.533. The number of carbonyl (C=O) groups excluding carboxylic acids is 1. The van der Waals surface area contributed by atoms with Crippen LogP contribution in [0.2, 0.25) is 0 Å². The standard InChI is InChI=1S/C15H21NO4/c1-11-7-13(9-17)8-12(2)15(11)20-10-14(18)16-3-5-19-6-4-16/h7-8,17H,3-6,9-10H2,1-2H3. The van der Waals surface area contributed by atoms with E-state index in [-0.39, 0.29) is 19.1 Å². The van der Waals surface area contributed by atoms with Gasteiger partial charge in [-0.3, -0.25) is 4.79 Å². The van der Waals surface area contributed by atoms with Crippen molar-refractivity contribution in [2.24, 2.45) is 0 Å². The van der Waals surface area contributed by atoms with Crippen LogP contribution in [0.25, 0.3) is 0 Å². The molecule has 5 nitrogen and oxygen atoms in total. The Morgan fingerprint density at radius 1 is 1.30 bits per heavy atom. The lowest BCUT2D eigenvalue weighted by Crippen LogP contribution is -2.43. The lowest BCUT2D eigenvalue weighted by Gasteiger charge is -2.27. The number of aryl methyl sites for hydroxylation is 2. The van der Waals surface area contributed by atoms with Gasteiger partial charge in [0.15, 0.2) is 6.61 Å². The predicted octanol–water partition coefficient (Wildman–Crippen LogP) is 1.03. The number of benzene rings is 1. The molecule has 1 fully saturated rings. The van der Waals surface area contributed by atoms with Gasteiger partial charge in [-0.05, 0) is 30.5 Å². The maximum Gasteiger partial charge on any atom is 0.260 e. The van der Waals surface area contributed by atoms with E-state index in [1.807, 2.05) is 26.0 Å². The molecule has 2 rings (SSSR count). The van der Waals surface area contributed by atoms with Gasteiger partial charge in [-0.25, -0.2) is 0 Å². The van der Waals surface area contributed by atoms with Gasteiger partial charge < -0.3 is 19.5 Å². The monoisotopic (exact) mass is 279 g/mol. The highest BCUT2D eigenvalue weighted by atomic mass is 16.5. The first-order chi connectivity index (χ1) is 9.61. The molecule has 1 aliphatic rings. The Kier molecular flexibility index (Phi) is 4.98. The van der Waals surface area contributed by atoms with Crippen LogP contribution in [0.4, 0.5) is 0 Å². The van der Waals surface area contributed by atoms with Crippen LogP contribution in [0, 0.1) is 13.8 Å². The second-order valence-corrected chi connectivity index (χ2v) is 5.00. The van der Waals surface area contributed by atoms with Crippen LogP contribution in [0.15, 0.2) is 12.1 Å². The van der Waals surface area contributed by atoms with Crippen molar-refractivity contribution >= 4 is 5.91 Å². The van der Waals surface area contributed by atoms with Crippen LogP contribution in [0.3, 0.4) is 0 Å². The number of rotatable bonds is 4. The van der Waals surface area contributed by atoms with Crippen LogP contribution in [-0.4, -0.2) is 48.8 Å². The highest BCUT2D eigenvalue weighted by Gasteiger charge is 2.18. The Morgan fingerprint density at radius 3 is 2.45 bits per heavy atom. The van der Waals surface area contributed by atoms with Crippen molar-refractivity contribution in [2.45, 2.75) is 20.5 Å². The maximum atomic E-state index is 12.0. The number of aliphatic hydroxyl groups is 1. The molecule has 1 aliphatic heterocycles. The molecule has 0 unspecified atom stereocenters. The fourth-order valence-corrected chi connectivity index (χ4v) is 2.40. The summed E-state index contributed by atoms with van der Waals surface area (Å²) in [4.78, 5) is 13.8. The molecule has 110 valence electrons. The Bertz CT molecular complexity index is 458. The van der Waals surface area contributed by atoms with E-state index in [0.717, 1.165) is 22.4 Å². The SMILES string of the molecule is Cc1cc(CO)cc(C)c1OCC(=O)N1CCOCC1. The number of amides is 1. The molecule has 1 heterocycles. The van der Waals surface area contributed by atoms with Crippen molar-refractivity contribution in [3.05, 3.63) is 28.8 Å². The molecule has 1 N–H and O–H groups in total. The summed E-state index contributed by atoms with van der Waals surface area (Å²) in [6.07, 6.45) is 0. The van der Waals surface area contributed by atoms with Crippen LogP contribution < -0.4 is 4.74 Å². The number of carbonyl (C=O) groups is 1. The first kappa shape index (κ1) is 14.8. The Balaban J connectivity index is 1.98. The Hall–Kier alpha value is -1.59. The van der Waals surface area contributed by atoms with E-state index in [2.05, 4.69) is 0 Å². The van der Waals surface area contributed by atoms with Crippen molar-refractivity contribution in [1.82, 2.24) is 4.90 Å². The molecule has 1 saturated heterocycles. The van der Waals surface area contributed by atoms with Gasteiger partial charge in [-0.2, -0.15) is 0 Å². The molecule has 0 spiro atoms. The lowest BCUT2D eigenvalue weighted by atomic mass is 10.1. The number of morpholine rings is 1. The molecule has 20 heavy (non-hydrogen) atoms. The predicted molar refractivity (Wildman–Crippen MR) is 74.7 cm³/mol. The molecule has 0 bridgehead atoms. The third-order valence-corrected chi connectivity index (χ3v) is 3.41. The quantitative estimate of drug-likeness (QED) is 0.894. The molecule has 5 heteroatoms. The summed E-state index contributed by atoms with van der Waals surface area (Å²) in [6.45, 7) is 6.33. The van der Waals surface area contributed by atoms with Gasteiger partial charge in [0.1, 0.15) is 5.75 Å². The average Bonchev–Trinajstić information content (AvgIpc) is 2.46. The van der Waals surface area contributed by atoms with Gasteiger partial charge in [-0.15, -0.1) is 0 Å². The molecule has 1 aromatic rings. The third-order valence-electron chi connectivity index (χ3n) is 3.41. The maximum absolute atomic E-state index is 12.0. The minimum absolute atomic E-state index is 0.00860. The second kappa shape index (κ2) is 6.72. The van der Waals surface area contributed by atoms with E-state index in [9.17, 15) is 4.79 Å². The Labute approximate surface area is 119 Å². The fourth-order valence-electron chi connectivity index (χ4n) is 2.40. The van der Waals surface area contributed by atoms with E-state index in [1.165, 1.54) is 0 Å². The second-order valence-electron chi connectivity index (χ2n) is 5.00. The molecular formula is C15H21NO4. The van der Waals surface area contributed by atoms with Gasteiger partial charge >= 0.3 is 0 Å². The van der Waals surface area contributed by atoms with E-state index >= 15 is 0 Å². The summed E-state index contributed by atoms with van der Waals surface area (Å²) in [7, 11) is 0. The summed E-state index contributed by atoms with van der Waals surface area (Å²) in [5.74, 6) is 0.710. The minimum atomic E-state index is -0.0154. The smallest absolute Gasteiger partial charge is 0.260 e. The van der Waals surface area contributed by atoms with Crippen LogP contribution in [-0.2, 0) is 16.1 Å². The molecule has 0 aromatic heterocycles. The highest BCUT2D eigenvalue weighted by Crippen LogP contribution is 2.25. The number of ether oxygens (including phenoxy) is 2. The molecule has 0 atom stereocenters. The van der Waals surface area contributed by atoms with Gasteiger partial charge in [-0.1, -0.05) is 12.1 Å². The molecular weight excluding hydrogens is 258 g/mol. The first-order valence-corrected chi connectivity index (χ1v) is 6.81. The molecule has 0 saturated carbocycles. The normalized spacial score (nSPS) is 15.2. The van der Waals surface area contributed by atoms with E-state index in [1.54, 1.807) is 4.90 Å². The van der Waals surface area contributed by atoms with Crippen molar-refractivity contribution in [1.29, 1.82) is 0 Å². The largest absolute Gasteiger partial charge is 0.483 e. The van der Waals surface area contributed by atoms with Crippen molar-refractivity contribution in [3.63, 3.8) is 0 Å². The molecule has 0 radical (unpaired) electrons. The molecule has 1 aromatic carbocycles. The van der Waals surface area contributed by atoms with Gasteiger partial charge in [0.05, 0.1) is 19.8 Å². The summed E-state index contributed by atoms with van der Waals surface area (Å²) >= 11 is 0. The highest BCUT2D eigenvalue weighted by molar-refractivity contribution is 5.78. The molecule has 1 amide bonds. The number of nitrogens with zero attached hydrogens (tertiary/aromatic N) is 1. The van der Waals surface area contributed by atoms with Gasteiger partial charge in [0.25, 0.3) is 5.91 Å². The van der Waals surface area contributed by atoms with Crippen molar-refractivity contribution in [2.75, 3.05) is 32.9 Å².